The first-order chi connectivity index (χ1) is 10.3. The van der Waals surface area contributed by atoms with Crippen LogP contribution in [0, 0.1) is 16.1 Å². The topological polar surface area (TPSA) is 44.5 Å². The minimum absolute atomic E-state index is 0.227. The van der Waals surface area contributed by atoms with E-state index in [2.05, 4.69) is 40.1 Å². The Morgan fingerprint density at radius 3 is 2.90 bits per heavy atom. The summed E-state index contributed by atoms with van der Waals surface area (Å²) in [4.78, 5) is 4.51. The molecule has 0 radical (unpaired) electrons. The van der Waals surface area contributed by atoms with Crippen LogP contribution in [0.4, 0.5) is 0 Å². The van der Waals surface area contributed by atoms with E-state index in [0.29, 0.717) is 10.3 Å². The fraction of sp³-hybridized carbons (Fsp3) is 0.250. The van der Waals surface area contributed by atoms with Gasteiger partial charge in [0.2, 0.25) is 0 Å². The first-order valence-corrected chi connectivity index (χ1v) is 8.21. The molecule has 1 N–H and O–H groups in total. The van der Waals surface area contributed by atoms with Crippen molar-refractivity contribution in [3.63, 3.8) is 0 Å². The van der Waals surface area contributed by atoms with E-state index in [1.807, 2.05) is 18.2 Å². The van der Waals surface area contributed by atoms with E-state index in [9.17, 15) is 5.26 Å². The summed E-state index contributed by atoms with van der Waals surface area (Å²) in [6.45, 7) is 2.18. The van der Waals surface area contributed by atoms with Crippen molar-refractivity contribution in [1.29, 1.82) is 5.26 Å². The molecule has 0 aliphatic heterocycles. The lowest BCUT2D eigenvalue weighted by atomic mass is 10.1. The smallest absolute Gasteiger partial charge is 0.178 e. The second-order valence-electron chi connectivity index (χ2n) is 4.93. The number of nitrogens with zero attached hydrogens (tertiary/aromatic N) is 2. The third-order valence-corrected chi connectivity index (χ3v) is 4.89. The van der Waals surface area contributed by atoms with E-state index in [4.69, 9.17) is 12.2 Å². The Labute approximate surface area is 132 Å². The van der Waals surface area contributed by atoms with Crippen LogP contribution in [0.1, 0.15) is 36.2 Å². The summed E-state index contributed by atoms with van der Waals surface area (Å²) in [5.74, 6) is 0. The molecular weight excluding hydrogens is 298 g/mol. The standard InChI is InChI=1S/C16H15N3S2/c1-2-5-12(14-8-4-9-21-14)19-13-7-3-6-11(10-17)15(13)18-16(19)20/h3-4,6-9,12H,2,5H2,1H3,(H,18,20). The SMILES string of the molecule is CCCC(c1cccs1)n1c(=S)[nH]c2c(C#N)cccc21. The molecule has 1 unspecified atom stereocenters. The molecule has 3 nitrogen and oxygen atoms in total. The molecule has 0 spiro atoms. The largest absolute Gasteiger partial charge is 0.329 e. The number of hydrogen-bond acceptors (Lipinski definition) is 3. The van der Waals surface area contributed by atoms with Gasteiger partial charge in [-0.15, -0.1) is 11.3 Å². The van der Waals surface area contributed by atoms with Crippen LogP contribution in [0.25, 0.3) is 11.0 Å². The van der Waals surface area contributed by atoms with Gasteiger partial charge in [0, 0.05) is 4.88 Å². The molecule has 3 aromatic rings. The van der Waals surface area contributed by atoms with Crippen molar-refractivity contribution in [3.8, 4) is 6.07 Å². The molecule has 0 aliphatic carbocycles. The van der Waals surface area contributed by atoms with Crippen molar-refractivity contribution in [3.05, 3.63) is 50.9 Å². The third-order valence-electron chi connectivity index (χ3n) is 3.62. The Morgan fingerprint density at radius 2 is 2.24 bits per heavy atom. The molecule has 2 aromatic heterocycles. The zero-order chi connectivity index (χ0) is 14.8. The number of aromatic amines is 1. The fourth-order valence-electron chi connectivity index (χ4n) is 2.70. The first-order valence-electron chi connectivity index (χ1n) is 6.93. The molecular formula is C16H15N3S2. The first kappa shape index (κ1) is 14.1. The summed E-state index contributed by atoms with van der Waals surface area (Å²) >= 11 is 7.28. The Hall–Kier alpha value is -1.90. The third kappa shape index (κ3) is 2.41. The van der Waals surface area contributed by atoms with E-state index in [0.717, 1.165) is 23.9 Å². The maximum atomic E-state index is 9.25. The Kier molecular flexibility index (Phi) is 3.91. The number of imidazole rings is 1. The van der Waals surface area contributed by atoms with Gasteiger partial charge in [-0.05, 0) is 42.2 Å². The number of benzene rings is 1. The van der Waals surface area contributed by atoms with Crippen LogP contribution in [0.3, 0.4) is 0 Å². The van der Waals surface area contributed by atoms with Crippen molar-refractivity contribution in [2.75, 3.05) is 0 Å². The fourth-order valence-corrected chi connectivity index (χ4v) is 3.88. The predicted octanol–water partition coefficient (Wildman–Crippen LogP) is 5.02. The van der Waals surface area contributed by atoms with Gasteiger partial charge < -0.3 is 9.55 Å². The van der Waals surface area contributed by atoms with Crippen LogP contribution < -0.4 is 0 Å². The summed E-state index contributed by atoms with van der Waals surface area (Å²) in [5.41, 5.74) is 2.48. The highest BCUT2D eigenvalue weighted by atomic mass is 32.1. The van der Waals surface area contributed by atoms with E-state index in [1.165, 1.54) is 4.88 Å². The number of nitriles is 1. The maximum absolute atomic E-state index is 9.25. The summed E-state index contributed by atoms with van der Waals surface area (Å²) in [6, 6.07) is 12.4. The zero-order valence-electron chi connectivity index (χ0n) is 11.7. The second kappa shape index (κ2) is 5.84. The number of aromatic nitrogens is 2. The minimum Gasteiger partial charge on any atom is -0.329 e. The number of nitrogens with one attached hydrogen (secondary N) is 1. The van der Waals surface area contributed by atoms with E-state index in [-0.39, 0.29) is 6.04 Å². The van der Waals surface area contributed by atoms with Crippen LogP contribution in [0.5, 0.6) is 0 Å². The van der Waals surface area contributed by atoms with Gasteiger partial charge in [0.25, 0.3) is 0 Å². The van der Waals surface area contributed by atoms with Gasteiger partial charge in [0.15, 0.2) is 4.77 Å². The highest BCUT2D eigenvalue weighted by Crippen LogP contribution is 2.31. The van der Waals surface area contributed by atoms with Gasteiger partial charge in [-0.2, -0.15) is 5.26 Å². The molecule has 1 aromatic carbocycles. The van der Waals surface area contributed by atoms with Crippen molar-refractivity contribution in [2.45, 2.75) is 25.8 Å². The molecule has 3 rings (SSSR count). The van der Waals surface area contributed by atoms with Gasteiger partial charge >= 0.3 is 0 Å². The number of hydrogen-bond donors (Lipinski definition) is 1. The summed E-state index contributed by atoms with van der Waals surface area (Å²) < 4.78 is 2.83. The Morgan fingerprint density at radius 1 is 1.38 bits per heavy atom. The van der Waals surface area contributed by atoms with E-state index < -0.39 is 0 Å². The van der Waals surface area contributed by atoms with Crippen molar-refractivity contribution in [2.24, 2.45) is 0 Å². The minimum atomic E-state index is 0.227. The zero-order valence-corrected chi connectivity index (χ0v) is 13.3. The van der Waals surface area contributed by atoms with E-state index in [1.54, 1.807) is 11.3 Å². The lowest BCUT2D eigenvalue weighted by Crippen LogP contribution is -2.09. The Bertz CT molecular complexity index is 850. The molecule has 0 aliphatic rings. The molecule has 2 heterocycles. The molecule has 0 saturated heterocycles. The average molecular weight is 313 g/mol. The highest BCUT2D eigenvalue weighted by molar-refractivity contribution is 7.71. The van der Waals surface area contributed by atoms with Crippen LogP contribution in [-0.4, -0.2) is 9.55 Å². The van der Waals surface area contributed by atoms with Gasteiger partial charge in [-0.25, -0.2) is 0 Å². The van der Waals surface area contributed by atoms with Crippen molar-refractivity contribution in [1.82, 2.24) is 9.55 Å². The highest BCUT2D eigenvalue weighted by Gasteiger charge is 2.18. The number of fused-ring (bicyclic) bond motifs is 1. The van der Waals surface area contributed by atoms with Gasteiger partial charge in [-0.1, -0.05) is 25.5 Å². The molecule has 5 heteroatoms. The summed E-state index contributed by atoms with van der Waals surface area (Å²) in [5, 5.41) is 11.3. The average Bonchev–Trinajstić information content (AvgIpc) is 3.12. The normalized spacial score (nSPS) is 12.4. The lowest BCUT2D eigenvalue weighted by molar-refractivity contribution is 0.548. The van der Waals surface area contributed by atoms with Crippen molar-refractivity contribution >= 4 is 34.6 Å². The number of rotatable bonds is 4. The van der Waals surface area contributed by atoms with Crippen molar-refractivity contribution < 1.29 is 0 Å². The molecule has 0 amide bonds. The number of H-pyrrole nitrogens is 1. The van der Waals surface area contributed by atoms with Gasteiger partial charge in [0.1, 0.15) is 6.07 Å². The number of para-hydroxylation sites is 1. The molecule has 0 saturated carbocycles. The molecule has 0 fully saturated rings. The van der Waals surface area contributed by atoms with Crippen LogP contribution >= 0.6 is 23.6 Å². The van der Waals surface area contributed by atoms with Crippen LogP contribution in [0.2, 0.25) is 0 Å². The monoisotopic (exact) mass is 313 g/mol. The maximum Gasteiger partial charge on any atom is 0.178 e. The molecule has 21 heavy (non-hydrogen) atoms. The predicted molar refractivity (Wildman–Crippen MR) is 89.2 cm³/mol. The number of thiophene rings is 1. The van der Waals surface area contributed by atoms with Crippen LogP contribution in [0.15, 0.2) is 35.7 Å². The van der Waals surface area contributed by atoms with E-state index >= 15 is 0 Å². The summed E-state index contributed by atoms with van der Waals surface area (Å²) in [7, 11) is 0. The molecule has 106 valence electrons. The molecule has 0 bridgehead atoms. The van der Waals surface area contributed by atoms with Gasteiger partial charge in [0.05, 0.1) is 22.6 Å². The quantitative estimate of drug-likeness (QED) is 0.687. The lowest BCUT2D eigenvalue weighted by Gasteiger charge is -2.17. The molecule has 1 atom stereocenters. The Balaban J connectivity index is 2.26. The second-order valence-corrected chi connectivity index (χ2v) is 6.30. The van der Waals surface area contributed by atoms with Crippen LogP contribution in [-0.2, 0) is 0 Å². The van der Waals surface area contributed by atoms with Gasteiger partial charge in [-0.3, -0.25) is 0 Å². The summed E-state index contributed by atoms with van der Waals surface area (Å²) in [6.07, 6.45) is 2.10.